The van der Waals surface area contributed by atoms with Crippen molar-refractivity contribution in [2.24, 2.45) is 0 Å². The van der Waals surface area contributed by atoms with E-state index in [1.807, 2.05) is 26.0 Å². The van der Waals surface area contributed by atoms with Crippen LogP contribution in [0, 0.1) is 0 Å². The molecule has 0 saturated heterocycles. The SMILES string of the molecule is CC(C)(CC(=O)O)c1cc(Cl)ccc1OC1CCC1. The highest BCUT2D eigenvalue weighted by molar-refractivity contribution is 6.30. The summed E-state index contributed by atoms with van der Waals surface area (Å²) in [6.07, 6.45) is 3.66. The number of benzene rings is 1. The topological polar surface area (TPSA) is 46.5 Å². The third-order valence-corrected chi connectivity index (χ3v) is 3.84. The Morgan fingerprint density at radius 2 is 2.16 bits per heavy atom. The Labute approximate surface area is 118 Å². The van der Waals surface area contributed by atoms with E-state index in [1.165, 1.54) is 6.42 Å². The second-order valence-electron chi connectivity index (χ2n) is 5.77. The summed E-state index contributed by atoms with van der Waals surface area (Å²) in [5.74, 6) is -0.0556. The quantitative estimate of drug-likeness (QED) is 0.887. The predicted molar refractivity (Wildman–Crippen MR) is 75.0 cm³/mol. The first-order valence-corrected chi connectivity index (χ1v) is 6.95. The van der Waals surface area contributed by atoms with E-state index < -0.39 is 11.4 Å². The fourth-order valence-electron chi connectivity index (χ4n) is 2.28. The van der Waals surface area contributed by atoms with Gasteiger partial charge in [0.2, 0.25) is 0 Å². The molecule has 1 fully saturated rings. The summed E-state index contributed by atoms with van der Waals surface area (Å²) < 4.78 is 5.95. The van der Waals surface area contributed by atoms with Crippen LogP contribution >= 0.6 is 11.6 Å². The Morgan fingerprint density at radius 3 is 2.68 bits per heavy atom. The van der Waals surface area contributed by atoms with Crippen molar-refractivity contribution in [2.75, 3.05) is 0 Å². The molecule has 0 aromatic heterocycles. The molecule has 1 aromatic rings. The Morgan fingerprint density at radius 1 is 1.47 bits per heavy atom. The van der Waals surface area contributed by atoms with Crippen molar-refractivity contribution in [1.29, 1.82) is 0 Å². The third-order valence-electron chi connectivity index (χ3n) is 3.61. The second-order valence-corrected chi connectivity index (χ2v) is 6.20. The normalized spacial score (nSPS) is 15.9. The minimum atomic E-state index is -0.820. The summed E-state index contributed by atoms with van der Waals surface area (Å²) in [5, 5.41) is 9.64. The van der Waals surface area contributed by atoms with Crippen LogP contribution in [0.25, 0.3) is 0 Å². The molecule has 0 atom stereocenters. The number of ether oxygens (including phenoxy) is 1. The molecule has 0 bridgehead atoms. The molecule has 0 heterocycles. The van der Waals surface area contributed by atoms with Gasteiger partial charge in [-0.3, -0.25) is 4.79 Å². The van der Waals surface area contributed by atoms with Crippen LogP contribution < -0.4 is 4.74 Å². The van der Waals surface area contributed by atoms with Crippen LogP contribution in [-0.4, -0.2) is 17.2 Å². The van der Waals surface area contributed by atoms with Crippen LogP contribution in [0.5, 0.6) is 5.75 Å². The average Bonchev–Trinajstić information content (AvgIpc) is 2.23. The summed E-state index contributed by atoms with van der Waals surface area (Å²) in [6, 6.07) is 5.45. The Hall–Kier alpha value is -1.22. The molecule has 0 spiro atoms. The fraction of sp³-hybridized carbons (Fsp3) is 0.533. The average molecular weight is 283 g/mol. The summed E-state index contributed by atoms with van der Waals surface area (Å²) >= 11 is 6.04. The van der Waals surface area contributed by atoms with E-state index in [0.717, 1.165) is 24.2 Å². The fourth-order valence-corrected chi connectivity index (χ4v) is 2.45. The maximum atomic E-state index is 11.0. The van der Waals surface area contributed by atoms with E-state index in [0.29, 0.717) is 5.02 Å². The summed E-state index contributed by atoms with van der Waals surface area (Å²) in [6.45, 7) is 3.81. The molecule has 1 aliphatic rings. The molecule has 104 valence electrons. The molecule has 19 heavy (non-hydrogen) atoms. The van der Waals surface area contributed by atoms with E-state index in [1.54, 1.807) is 6.07 Å². The minimum Gasteiger partial charge on any atom is -0.490 e. The largest absolute Gasteiger partial charge is 0.490 e. The third kappa shape index (κ3) is 3.41. The highest BCUT2D eigenvalue weighted by Crippen LogP contribution is 2.38. The summed E-state index contributed by atoms with van der Waals surface area (Å²) in [5.41, 5.74) is 0.366. The zero-order chi connectivity index (χ0) is 14.0. The summed E-state index contributed by atoms with van der Waals surface area (Å²) in [7, 11) is 0. The molecule has 3 nitrogen and oxygen atoms in total. The van der Waals surface area contributed by atoms with Crippen molar-refractivity contribution in [3.63, 3.8) is 0 Å². The van der Waals surface area contributed by atoms with Gasteiger partial charge in [-0.1, -0.05) is 25.4 Å². The van der Waals surface area contributed by atoms with Crippen molar-refractivity contribution in [2.45, 2.75) is 51.0 Å². The van der Waals surface area contributed by atoms with Crippen molar-refractivity contribution < 1.29 is 14.6 Å². The molecule has 4 heteroatoms. The van der Waals surface area contributed by atoms with Crippen LogP contribution in [0.1, 0.15) is 45.1 Å². The lowest BCUT2D eigenvalue weighted by Gasteiger charge is -2.31. The van der Waals surface area contributed by atoms with Gasteiger partial charge in [-0.2, -0.15) is 0 Å². The maximum Gasteiger partial charge on any atom is 0.304 e. The van der Waals surface area contributed by atoms with Gasteiger partial charge < -0.3 is 9.84 Å². The molecule has 1 aromatic carbocycles. The van der Waals surface area contributed by atoms with Crippen molar-refractivity contribution in [3.8, 4) is 5.75 Å². The second kappa shape index (κ2) is 5.41. The number of hydrogen-bond donors (Lipinski definition) is 1. The molecule has 0 radical (unpaired) electrons. The molecule has 0 aliphatic heterocycles. The van der Waals surface area contributed by atoms with Crippen LogP contribution in [0.3, 0.4) is 0 Å². The van der Waals surface area contributed by atoms with Gasteiger partial charge in [-0.15, -0.1) is 0 Å². The van der Waals surface area contributed by atoms with E-state index in [2.05, 4.69) is 0 Å². The molecule has 1 saturated carbocycles. The Bertz CT molecular complexity index is 478. The minimum absolute atomic E-state index is 0.0500. The molecule has 1 N–H and O–H groups in total. The highest BCUT2D eigenvalue weighted by atomic mass is 35.5. The number of carboxylic acids is 1. The number of hydrogen-bond acceptors (Lipinski definition) is 2. The lowest BCUT2D eigenvalue weighted by Crippen LogP contribution is -2.28. The lowest BCUT2D eigenvalue weighted by atomic mass is 9.81. The first-order chi connectivity index (χ1) is 8.88. The lowest BCUT2D eigenvalue weighted by molar-refractivity contribution is -0.138. The standard InChI is InChI=1S/C15H19ClO3/c1-15(2,9-14(17)18)12-8-10(16)6-7-13(12)19-11-4-3-5-11/h6-8,11H,3-5,9H2,1-2H3,(H,17,18). The summed E-state index contributed by atoms with van der Waals surface area (Å²) in [4.78, 5) is 11.0. The number of rotatable bonds is 5. The molecule has 2 rings (SSSR count). The van der Waals surface area contributed by atoms with Gasteiger partial charge in [0.05, 0.1) is 12.5 Å². The zero-order valence-corrected chi connectivity index (χ0v) is 12.0. The zero-order valence-electron chi connectivity index (χ0n) is 11.3. The van der Waals surface area contributed by atoms with Gasteiger partial charge in [0, 0.05) is 16.0 Å². The Balaban J connectivity index is 2.29. The first-order valence-electron chi connectivity index (χ1n) is 6.57. The molecule has 0 unspecified atom stereocenters. The van der Waals surface area contributed by atoms with Crippen molar-refractivity contribution >= 4 is 17.6 Å². The number of aliphatic carboxylic acids is 1. The van der Waals surface area contributed by atoms with Crippen LogP contribution in [0.2, 0.25) is 5.02 Å². The number of carbonyl (C=O) groups is 1. The van der Waals surface area contributed by atoms with E-state index in [9.17, 15) is 4.79 Å². The van der Waals surface area contributed by atoms with Crippen molar-refractivity contribution in [1.82, 2.24) is 0 Å². The monoisotopic (exact) mass is 282 g/mol. The first kappa shape index (κ1) is 14.2. The van der Waals surface area contributed by atoms with Gasteiger partial charge >= 0.3 is 5.97 Å². The maximum absolute atomic E-state index is 11.0. The number of halogens is 1. The van der Waals surface area contributed by atoms with Crippen LogP contribution in [0.4, 0.5) is 0 Å². The van der Waals surface area contributed by atoms with Gasteiger partial charge in [0.15, 0.2) is 0 Å². The predicted octanol–water partition coefficient (Wildman–Crippen LogP) is 4.02. The van der Waals surface area contributed by atoms with Gasteiger partial charge in [0.25, 0.3) is 0 Å². The van der Waals surface area contributed by atoms with Crippen molar-refractivity contribution in [3.05, 3.63) is 28.8 Å². The number of carboxylic acid groups (broad SMARTS) is 1. The van der Waals surface area contributed by atoms with Gasteiger partial charge in [-0.25, -0.2) is 0 Å². The van der Waals surface area contributed by atoms with Crippen LogP contribution in [0.15, 0.2) is 18.2 Å². The smallest absolute Gasteiger partial charge is 0.304 e. The van der Waals surface area contributed by atoms with Crippen LogP contribution in [-0.2, 0) is 10.2 Å². The van der Waals surface area contributed by atoms with E-state index in [-0.39, 0.29) is 12.5 Å². The molecular weight excluding hydrogens is 264 g/mol. The molecule has 1 aliphatic carbocycles. The van der Waals surface area contributed by atoms with E-state index >= 15 is 0 Å². The van der Waals surface area contributed by atoms with E-state index in [4.69, 9.17) is 21.4 Å². The molecule has 0 amide bonds. The molecular formula is C15H19ClO3. The van der Waals surface area contributed by atoms with Gasteiger partial charge in [-0.05, 0) is 37.5 Å². The van der Waals surface area contributed by atoms with Gasteiger partial charge in [0.1, 0.15) is 5.75 Å². The Kier molecular flexibility index (Phi) is 4.04. The highest BCUT2D eigenvalue weighted by Gasteiger charge is 2.29.